The Morgan fingerprint density at radius 1 is 1.03 bits per heavy atom. The summed E-state index contributed by atoms with van der Waals surface area (Å²) >= 11 is 0. The second kappa shape index (κ2) is 6.82. The normalized spacial score (nSPS) is 16.3. The number of H-pyrrole nitrogens is 1. The number of hydrogen-bond donors (Lipinski definition) is 1. The summed E-state index contributed by atoms with van der Waals surface area (Å²) < 4.78 is 22.5. The summed E-state index contributed by atoms with van der Waals surface area (Å²) in [6, 6.07) is 13.9. The molecule has 32 heavy (non-hydrogen) atoms. The highest BCUT2D eigenvalue weighted by Crippen LogP contribution is 2.51. The fraction of sp³-hybridized carbons (Fsp3) is 0.240. The summed E-state index contributed by atoms with van der Waals surface area (Å²) in [6.07, 6.45) is 0. The summed E-state index contributed by atoms with van der Waals surface area (Å²) in [5, 5.41) is 2.97. The number of ether oxygens (including phenoxy) is 4. The van der Waals surface area contributed by atoms with E-state index in [1.165, 1.54) is 0 Å². The maximum Gasteiger partial charge on any atom is 0.274 e. The van der Waals surface area contributed by atoms with Crippen LogP contribution in [0.1, 0.15) is 22.0 Å². The molecule has 3 heterocycles. The van der Waals surface area contributed by atoms with Crippen LogP contribution >= 0.6 is 0 Å². The van der Waals surface area contributed by atoms with Gasteiger partial charge in [-0.25, -0.2) is 0 Å². The maximum atomic E-state index is 13.7. The number of carbonyl (C=O) groups excluding carboxylic acids is 1. The number of anilines is 1. The number of benzene rings is 3. The Morgan fingerprint density at radius 3 is 2.62 bits per heavy atom. The topological polar surface area (TPSA) is 73.0 Å². The molecule has 0 bridgehead atoms. The molecule has 0 spiro atoms. The van der Waals surface area contributed by atoms with Crippen LogP contribution in [0, 0.1) is 0 Å². The second-order valence-corrected chi connectivity index (χ2v) is 8.08. The van der Waals surface area contributed by atoms with Crippen molar-refractivity contribution in [3.8, 4) is 23.0 Å². The van der Waals surface area contributed by atoms with Crippen LogP contribution in [0.3, 0.4) is 0 Å². The number of methoxy groups -OCH3 is 3. The first-order valence-corrected chi connectivity index (χ1v) is 10.5. The quantitative estimate of drug-likeness (QED) is 0.517. The van der Waals surface area contributed by atoms with Crippen LogP contribution < -0.4 is 23.8 Å². The van der Waals surface area contributed by atoms with E-state index in [1.54, 1.807) is 21.3 Å². The Morgan fingerprint density at radius 2 is 1.84 bits per heavy atom. The van der Waals surface area contributed by atoms with Gasteiger partial charge < -0.3 is 28.8 Å². The molecule has 2 aliphatic rings. The van der Waals surface area contributed by atoms with Gasteiger partial charge in [-0.15, -0.1) is 0 Å². The number of carbonyl (C=O) groups is 1. The van der Waals surface area contributed by atoms with Crippen LogP contribution in [0.25, 0.3) is 21.7 Å². The minimum atomic E-state index is -0.0898. The molecule has 0 aliphatic carbocycles. The largest absolute Gasteiger partial charge is 0.493 e. The minimum absolute atomic E-state index is 0.0898. The number of amides is 1. The van der Waals surface area contributed by atoms with Gasteiger partial charge in [-0.3, -0.25) is 4.79 Å². The number of fused-ring (bicyclic) bond motifs is 3. The molecule has 0 unspecified atom stereocenters. The van der Waals surface area contributed by atoms with Gasteiger partial charge in [0.15, 0.2) is 11.5 Å². The summed E-state index contributed by atoms with van der Waals surface area (Å²) in [7, 11) is 4.70. The third kappa shape index (κ3) is 2.45. The fourth-order valence-corrected chi connectivity index (χ4v) is 5.02. The zero-order valence-electron chi connectivity index (χ0n) is 18.0. The molecule has 0 saturated carbocycles. The molecule has 6 rings (SSSR count). The smallest absolute Gasteiger partial charge is 0.274 e. The van der Waals surface area contributed by atoms with Crippen molar-refractivity contribution in [1.82, 2.24) is 4.98 Å². The fourth-order valence-electron chi connectivity index (χ4n) is 5.02. The van der Waals surface area contributed by atoms with Crippen molar-refractivity contribution in [2.24, 2.45) is 0 Å². The molecular formula is C25H22N2O5. The standard InChI is InChI=1S/C25H22N2O5/c1-29-19-10-14-8-17(26-21(14)24(31-3)23(19)30-2)25(28)27-11-15-12-32-22-16-7-5-4-6-13(16)9-18(27)20(15)22/h4-10,15,26H,11-12H2,1-3H3/t15-/m0/s1. The van der Waals surface area contributed by atoms with Crippen LogP contribution in [-0.2, 0) is 0 Å². The van der Waals surface area contributed by atoms with Gasteiger partial charge in [-0.2, -0.15) is 0 Å². The average Bonchev–Trinajstić information content (AvgIpc) is 3.53. The van der Waals surface area contributed by atoms with E-state index >= 15 is 0 Å². The first-order valence-electron chi connectivity index (χ1n) is 10.5. The molecule has 7 nitrogen and oxygen atoms in total. The Kier molecular flexibility index (Phi) is 4.02. The molecule has 3 aromatic carbocycles. The van der Waals surface area contributed by atoms with Gasteiger partial charge in [0.2, 0.25) is 5.75 Å². The molecule has 1 amide bonds. The number of aromatic amines is 1. The van der Waals surface area contributed by atoms with Gasteiger partial charge in [0, 0.05) is 28.8 Å². The number of aromatic nitrogens is 1. The summed E-state index contributed by atoms with van der Waals surface area (Å²) in [5.41, 5.74) is 3.23. The van der Waals surface area contributed by atoms with Crippen molar-refractivity contribution in [2.45, 2.75) is 5.92 Å². The Labute approximate surface area is 184 Å². The van der Waals surface area contributed by atoms with Crippen molar-refractivity contribution in [1.29, 1.82) is 0 Å². The van der Waals surface area contributed by atoms with Crippen molar-refractivity contribution >= 4 is 33.3 Å². The molecule has 1 atom stereocenters. The van der Waals surface area contributed by atoms with Gasteiger partial charge in [0.1, 0.15) is 11.4 Å². The van der Waals surface area contributed by atoms with Crippen molar-refractivity contribution in [2.75, 3.05) is 39.4 Å². The maximum absolute atomic E-state index is 13.7. The zero-order valence-corrected chi connectivity index (χ0v) is 18.0. The number of nitrogens with one attached hydrogen (secondary N) is 1. The molecule has 2 aliphatic heterocycles. The Bertz CT molecular complexity index is 1410. The monoisotopic (exact) mass is 430 g/mol. The van der Waals surface area contributed by atoms with E-state index in [-0.39, 0.29) is 11.8 Å². The van der Waals surface area contributed by atoms with Crippen LogP contribution in [0.15, 0.2) is 42.5 Å². The van der Waals surface area contributed by atoms with Crippen LogP contribution in [0.2, 0.25) is 0 Å². The third-order valence-electron chi connectivity index (χ3n) is 6.44. The molecule has 162 valence electrons. The SMILES string of the molecule is COc1cc2cc(C(=O)N3C[C@H]4COc5c4c3cc3ccccc53)[nH]c2c(OC)c1OC. The molecule has 0 fully saturated rings. The third-order valence-corrected chi connectivity index (χ3v) is 6.44. The number of hydrogen-bond acceptors (Lipinski definition) is 5. The van der Waals surface area contributed by atoms with Crippen LogP contribution in [-0.4, -0.2) is 45.4 Å². The van der Waals surface area contributed by atoms with E-state index in [9.17, 15) is 4.79 Å². The summed E-state index contributed by atoms with van der Waals surface area (Å²) in [5.74, 6) is 2.54. The lowest BCUT2D eigenvalue weighted by molar-refractivity contribution is 0.0983. The van der Waals surface area contributed by atoms with E-state index in [4.69, 9.17) is 18.9 Å². The zero-order chi connectivity index (χ0) is 22.0. The van der Waals surface area contributed by atoms with Crippen LogP contribution in [0.4, 0.5) is 5.69 Å². The van der Waals surface area contributed by atoms with Crippen molar-refractivity contribution in [3.63, 3.8) is 0 Å². The van der Waals surface area contributed by atoms with Gasteiger partial charge in [-0.05, 0) is 23.6 Å². The molecule has 1 N–H and O–H groups in total. The van der Waals surface area contributed by atoms with Gasteiger partial charge in [-0.1, -0.05) is 24.3 Å². The lowest BCUT2D eigenvalue weighted by Crippen LogP contribution is -2.31. The van der Waals surface area contributed by atoms with E-state index in [1.807, 2.05) is 29.2 Å². The Balaban J connectivity index is 1.47. The highest BCUT2D eigenvalue weighted by atomic mass is 16.5. The van der Waals surface area contributed by atoms with Gasteiger partial charge >= 0.3 is 0 Å². The molecule has 7 heteroatoms. The lowest BCUT2D eigenvalue weighted by atomic mass is 9.99. The number of rotatable bonds is 4. The molecular weight excluding hydrogens is 408 g/mol. The summed E-state index contributed by atoms with van der Waals surface area (Å²) in [4.78, 5) is 18.8. The van der Waals surface area contributed by atoms with E-state index in [0.29, 0.717) is 41.6 Å². The van der Waals surface area contributed by atoms with E-state index in [2.05, 4.69) is 23.2 Å². The molecule has 1 aromatic heterocycles. The number of nitrogens with zero attached hydrogens (tertiary/aromatic N) is 1. The van der Waals surface area contributed by atoms with Gasteiger partial charge in [0.25, 0.3) is 5.91 Å². The first kappa shape index (κ1) is 18.9. The highest BCUT2D eigenvalue weighted by molar-refractivity contribution is 6.11. The van der Waals surface area contributed by atoms with E-state index < -0.39 is 0 Å². The average molecular weight is 430 g/mol. The molecule has 0 saturated heterocycles. The van der Waals surface area contributed by atoms with Crippen molar-refractivity contribution in [3.05, 3.63) is 53.7 Å². The van der Waals surface area contributed by atoms with E-state index in [0.717, 1.165) is 33.2 Å². The Hall–Kier alpha value is -3.87. The minimum Gasteiger partial charge on any atom is -0.493 e. The van der Waals surface area contributed by atoms with Gasteiger partial charge in [0.05, 0.1) is 39.1 Å². The predicted octanol–water partition coefficient (Wildman–Crippen LogP) is 4.48. The first-order chi connectivity index (χ1) is 15.6. The highest BCUT2D eigenvalue weighted by Gasteiger charge is 2.40. The lowest BCUT2D eigenvalue weighted by Gasteiger charge is -2.19. The second-order valence-electron chi connectivity index (χ2n) is 8.08. The van der Waals surface area contributed by atoms with Crippen LogP contribution in [0.5, 0.6) is 23.0 Å². The molecule has 4 aromatic rings. The summed E-state index contributed by atoms with van der Waals surface area (Å²) in [6.45, 7) is 1.19. The predicted molar refractivity (Wildman–Crippen MR) is 122 cm³/mol. The van der Waals surface area contributed by atoms with Crippen molar-refractivity contribution < 1.29 is 23.7 Å². The molecule has 0 radical (unpaired) electrons.